The molecule has 0 spiro atoms. The van der Waals surface area contributed by atoms with Gasteiger partial charge >= 0.3 is 0 Å². The van der Waals surface area contributed by atoms with E-state index in [1.165, 1.54) is 30.6 Å². The Morgan fingerprint density at radius 2 is 2.00 bits per heavy atom. The van der Waals surface area contributed by atoms with Crippen LogP contribution in [0.25, 0.3) is 0 Å². The summed E-state index contributed by atoms with van der Waals surface area (Å²) in [5.74, 6) is -1.38. The van der Waals surface area contributed by atoms with Crippen molar-refractivity contribution in [3.8, 4) is 6.07 Å². The summed E-state index contributed by atoms with van der Waals surface area (Å²) in [4.78, 5) is 36.0. The maximum atomic E-state index is 14.9. The Morgan fingerprint density at radius 1 is 1.24 bits per heavy atom. The van der Waals surface area contributed by atoms with Crippen LogP contribution in [0, 0.1) is 17.1 Å². The molecule has 2 N–H and O–H groups in total. The van der Waals surface area contributed by atoms with Crippen LogP contribution in [0.1, 0.15) is 46.2 Å². The van der Waals surface area contributed by atoms with Gasteiger partial charge in [-0.2, -0.15) is 5.26 Å². The number of benzene rings is 1. The predicted octanol–water partition coefficient (Wildman–Crippen LogP) is 3.87. The lowest BCUT2D eigenvalue weighted by Gasteiger charge is -2.35. The van der Waals surface area contributed by atoms with Crippen LogP contribution in [-0.2, 0) is 0 Å². The van der Waals surface area contributed by atoms with E-state index in [9.17, 15) is 22.8 Å². The van der Waals surface area contributed by atoms with E-state index < -0.39 is 40.9 Å². The van der Waals surface area contributed by atoms with Gasteiger partial charge in [-0.15, -0.1) is 0 Å². The van der Waals surface area contributed by atoms with Crippen LogP contribution in [0.3, 0.4) is 0 Å². The molecule has 172 valence electrons. The molecule has 0 fully saturated rings. The number of hydrogen-bond donors (Lipinski definition) is 2. The van der Waals surface area contributed by atoms with E-state index in [0.29, 0.717) is 24.7 Å². The van der Waals surface area contributed by atoms with Gasteiger partial charge in [0.2, 0.25) is 11.4 Å². The highest BCUT2D eigenvalue weighted by atomic mass is 19.3. The number of aromatic amines is 1. The molecule has 34 heavy (non-hydrogen) atoms. The van der Waals surface area contributed by atoms with Gasteiger partial charge < -0.3 is 15.2 Å². The highest BCUT2D eigenvalue weighted by Crippen LogP contribution is 2.34. The minimum atomic E-state index is -3.02. The average molecular weight is 466 g/mol. The van der Waals surface area contributed by atoms with Crippen molar-refractivity contribution < 1.29 is 18.0 Å². The summed E-state index contributed by atoms with van der Waals surface area (Å²) in [6, 6.07) is 5.97. The number of nitrogens with one attached hydrogen (secondary N) is 2. The van der Waals surface area contributed by atoms with Crippen molar-refractivity contribution in [1.29, 1.82) is 5.26 Å². The van der Waals surface area contributed by atoms with Gasteiger partial charge in [-0.25, -0.2) is 23.1 Å². The van der Waals surface area contributed by atoms with E-state index in [1.807, 2.05) is 23.1 Å². The van der Waals surface area contributed by atoms with E-state index in [4.69, 9.17) is 5.26 Å². The largest absolute Gasteiger partial charge is 0.358 e. The minimum absolute atomic E-state index is 0.00849. The second-order valence-electron chi connectivity index (χ2n) is 7.41. The Bertz CT molecular complexity index is 1350. The molecule has 1 amide bonds. The van der Waals surface area contributed by atoms with Crippen molar-refractivity contribution in [2.75, 3.05) is 16.8 Å². The number of carbonyl (C=O) groups is 1. The van der Waals surface area contributed by atoms with E-state index >= 15 is 0 Å². The number of amides is 1. The van der Waals surface area contributed by atoms with Crippen molar-refractivity contribution in [1.82, 2.24) is 15.0 Å². The SMILES string of the molecule is N#Cc1ncc(N2CC=CC[C@H]2c2cc(NC(=O)c3c[nH]c(=O)cc3C(F)F)ccc2F)cn1. The number of halogens is 3. The second-order valence-corrected chi connectivity index (χ2v) is 7.41. The lowest BCUT2D eigenvalue weighted by atomic mass is 9.97. The third-order valence-electron chi connectivity index (χ3n) is 5.32. The first-order chi connectivity index (χ1) is 16.4. The standard InChI is InChI=1S/C23H17F3N6O2/c24-18-5-4-13(31-23(34)17-12-30-21(33)8-15(17)22(25)26)7-16(18)19-3-1-2-6-32(19)14-10-28-20(9-27)29-11-14/h1-2,4-5,7-8,10-12,19,22H,3,6H2,(H,30,33)(H,31,34)/t19-/m0/s1. The quantitative estimate of drug-likeness (QED) is 0.552. The van der Waals surface area contributed by atoms with Crippen molar-refractivity contribution in [2.45, 2.75) is 18.9 Å². The van der Waals surface area contributed by atoms with Crippen LogP contribution < -0.4 is 15.8 Å². The summed E-state index contributed by atoms with van der Waals surface area (Å²) < 4.78 is 41.5. The Labute approximate surface area is 191 Å². The zero-order valence-corrected chi connectivity index (χ0v) is 17.5. The molecular weight excluding hydrogens is 449 g/mol. The molecule has 0 bridgehead atoms. The average Bonchev–Trinajstić information content (AvgIpc) is 2.85. The van der Waals surface area contributed by atoms with Gasteiger partial charge in [0.25, 0.3) is 12.3 Å². The van der Waals surface area contributed by atoms with Crippen molar-refractivity contribution in [2.24, 2.45) is 0 Å². The molecular formula is C23H17F3N6O2. The third-order valence-corrected chi connectivity index (χ3v) is 5.32. The smallest absolute Gasteiger partial charge is 0.264 e. The third kappa shape index (κ3) is 4.66. The van der Waals surface area contributed by atoms with Gasteiger partial charge in [0.1, 0.15) is 11.9 Å². The lowest BCUT2D eigenvalue weighted by Crippen LogP contribution is -2.32. The molecule has 0 saturated heterocycles. The lowest BCUT2D eigenvalue weighted by molar-refractivity contribution is 0.101. The van der Waals surface area contributed by atoms with Gasteiger partial charge in [-0.05, 0) is 24.6 Å². The Kier molecular flexibility index (Phi) is 6.40. The maximum Gasteiger partial charge on any atom is 0.264 e. The Morgan fingerprint density at radius 3 is 2.71 bits per heavy atom. The number of alkyl halides is 2. The van der Waals surface area contributed by atoms with Crippen LogP contribution in [0.4, 0.5) is 24.5 Å². The summed E-state index contributed by atoms with van der Waals surface area (Å²) in [6.45, 7) is 0.436. The fourth-order valence-electron chi connectivity index (χ4n) is 3.71. The number of nitriles is 1. The molecule has 0 radical (unpaired) electrons. The van der Waals surface area contributed by atoms with Crippen LogP contribution in [0.15, 0.2) is 59.8 Å². The summed E-state index contributed by atoms with van der Waals surface area (Å²) in [7, 11) is 0. The molecule has 1 aromatic carbocycles. The number of anilines is 2. The normalized spacial score (nSPS) is 15.3. The molecule has 1 atom stereocenters. The molecule has 2 aromatic heterocycles. The first-order valence-corrected chi connectivity index (χ1v) is 10.1. The number of H-pyrrole nitrogens is 1. The van der Waals surface area contributed by atoms with E-state index in [1.54, 1.807) is 0 Å². The first kappa shape index (κ1) is 22.7. The van der Waals surface area contributed by atoms with Crippen molar-refractivity contribution >= 4 is 17.3 Å². The summed E-state index contributed by atoms with van der Waals surface area (Å²) >= 11 is 0. The summed E-state index contributed by atoms with van der Waals surface area (Å²) in [5, 5.41) is 11.4. The molecule has 0 aliphatic carbocycles. The van der Waals surface area contributed by atoms with Crippen LogP contribution in [0.5, 0.6) is 0 Å². The summed E-state index contributed by atoms with van der Waals surface area (Å²) in [6.07, 6.45) is 5.09. The summed E-state index contributed by atoms with van der Waals surface area (Å²) in [5.41, 5.74) is -0.809. The van der Waals surface area contributed by atoms with Gasteiger partial charge in [0, 0.05) is 35.6 Å². The number of carbonyl (C=O) groups excluding carboxylic acids is 1. The van der Waals surface area contributed by atoms with Crippen molar-refractivity contribution in [3.63, 3.8) is 0 Å². The maximum absolute atomic E-state index is 14.9. The fraction of sp³-hybridized carbons (Fsp3) is 0.174. The van der Waals surface area contributed by atoms with Gasteiger partial charge in [-0.1, -0.05) is 12.2 Å². The zero-order chi connectivity index (χ0) is 24.2. The van der Waals surface area contributed by atoms with E-state index in [2.05, 4.69) is 20.3 Å². The zero-order valence-electron chi connectivity index (χ0n) is 17.5. The Balaban J connectivity index is 1.64. The van der Waals surface area contributed by atoms with E-state index in [0.717, 1.165) is 6.20 Å². The predicted molar refractivity (Wildman–Crippen MR) is 117 cm³/mol. The van der Waals surface area contributed by atoms with Gasteiger partial charge in [0.05, 0.1) is 29.7 Å². The molecule has 8 nitrogen and oxygen atoms in total. The highest BCUT2D eigenvalue weighted by molar-refractivity contribution is 6.05. The Hall–Kier alpha value is -4.46. The molecule has 0 saturated carbocycles. The first-order valence-electron chi connectivity index (χ1n) is 10.1. The molecule has 1 aliphatic heterocycles. The molecule has 1 aliphatic rings. The van der Waals surface area contributed by atoms with Crippen LogP contribution in [0.2, 0.25) is 0 Å². The molecule has 4 rings (SSSR count). The number of rotatable bonds is 5. The highest BCUT2D eigenvalue weighted by Gasteiger charge is 2.26. The topological polar surface area (TPSA) is 115 Å². The molecule has 0 unspecified atom stereocenters. The molecule has 3 aromatic rings. The molecule has 11 heteroatoms. The number of nitrogens with zero attached hydrogens (tertiary/aromatic N) is 4. The number of aromatic nitrogens is 3. The minimum Gasteiger partial charge on any atom is -0.358 e. The monoisotopic (exact) mass is 466 g/mol. The second kappa shape index (κ2) is 9.58. The van der Waals surface area contributed by atoms with E-state index in [-0.39, 0.29) is 17.1 Å². The number of hydrogen-bond acceptors (Lipinski definition) is 6. The fourth-order valence-corrected chi connectivity index (χ4v) is 3.71. The van der Waals surface area contributed by atoms with Crippen LogP contribution >= 0.6 is 0 Å². The molecule has 3 heterocycles. The van der Waals surface area contributed by atoms with Crippen molar-refractivity contribution in [3.05, 3.63) is 93.7 Å². The van der Waals surface area contributed by atoms with Gasteiger partial charge in [-0.3, -0.25) is 9.59 Å². The number of pyridine rings is 1. The van der Waals surface area contributed by atoms with Gasteiger partial charge in [0.15, 0.2) is 0 Å². The van der Waals surface area contributed by atoms with Crippen LogP contribution in [-0.4, -0.2) is 27.4 Å².